The SMILES string of the molecule is O=C(NC1CCN(C(=O)C2CCCc3ccccc32)CC1)C1CC1. The van der Waals surface area contributed by atoms with Crippen molar-refractivity contribution >= 4 is 11.8 Å². The molecule has 1 aromatic carbocycles. The van der Waals surface area contributed by atoms with E-state index in [0.717, 1.165) is 58.0 Å². The number of benzene rings is 1. The molecule has 3 aliphatic rings. The van der Waals surface area contributed by atoms with E-state index in [2.05, 4.69) is 23.5 Å². The van der Waals surface area contributed by atoms with E-state index in [0.29, 0.717) is 0 Å². The molecule has 0 spiro atoms. The third-order valence-electron chi connectivity index (χ3n) is 5.77. The van der Waals surface area contributed by atoms with Crippen molar-refractivity contribution in [1.29, 1.82) is 0 Å². The maximum absolute atomic E-state index is 13.0. The number of amides is 2. The number of nitrogens with one attached hydrogen (secondary N) is 1. The first-order valence-corrected chi connectivity index (χ1v) is 9.39. The van der Waals surface area contributed by atoms with Gasteiger partial charge in [-0.05, 0) is 56.1 Å². The van der Waals surface area contributed by atoms with Gasteiger partial charge in [0.2, 0.25) is 11.8 Å². The van der Waals surface area contributed by atoms with Crippen molar-refractivity contribution in [2.24, 2.45) is 5.92 Å². The van der Waals surface area contributed by atoms with E-state index in [1.165, 1.54) is 11.1 Å². The molecule has 2 fully saturated rings. The molecule has 128 valence electrons. The summed E-state index contributed by atoms with van der Waals surface area (Å²) in [6.45, 7) is 1.54. The van der Waals surface area contributed by atoms with Gasteiger partial charge in [0, 0.05) is 25.0 Å². The van der Waals surface area contributed by atoms with E-state index >= 15 is 0 Å². The van der Waals surface area contributed by atoms with Gasteiger partial charge >= 0.3 is 0 Å². The number of carbonyl (C=O) groups excluding carboxylic acids is 2. The summed E-state index contributed by atoms with van der Waals surface area (Å²) in [5, 5.41) is 3.16. The summed E-state index contributed by atoms with van der Waals surface area (Å²) in [5.74, 6) is 0.811. The topological polar surface area (TPSA) is 49.4 Å². The minimum Gasteiger partial charge on any atom is -0.353 e. The third-order valence-corrected chi connectivity index (χ3v) is 5.77. The van der Waals surface area contributed by atoms with Crippen molar-refractivity contribution in [3.63, 3.8) is 0 Å². The van der Waals surface area contributed by atoms with Crippen LogP contribution in [0.1, 0.15) is 55.6 Å². The van der Waals surface area contributed by atoms with Gasteiger partial charge in [-0.15, -0.1) is 0 Å². The zero-order chi connectivity index (χ0) is 16.5. The molecule has 4 rings (SSSR count). The van der Waals surface area contributed by atoms with Gasteiger partial charge in [-0.3, -0.25) is 9.59 Å². The molecule has 4 heteroatoms. The van der Waals surface area contributed by atoms with Gasteiger partial charge in [-0.25, -0.2) is 0 Å². The molecule has 2 aliphatic carbocycles. The van der Waals surface area contributed by atoms with Crippen LogP contribution in [-0.4, -0.2) is 35.8 Å². The monoisotopic (exact) mass is 326 g/mol. The lowest BCUT2D eigenvalue weighted by atomic mass is 9.82. The molecule has 1 aliphatic heterocycles. The molecule has 0 bridgehead atoms. The first-order valence-electron chi connectivity index (χ1n) is 9.39. The van der Waals surface area contributed by atoms with Gasteiger partial charge in [0.15, 0.2) is 0 Å². The Morgan fingerprint density at radius 1 is 1.00 bits per heavy atom. The predicted molar refractivity (Wildman–Crippen MR) is 92.6 cm³/mol. The van der Waals surface area contributed by atoms with Crippen molar-refractivity contribution in [2.45, 2.75) is 56.9 Å². The number of likely N-dealkylation sites (tertiary alicyclic amines) is 1. The molecule has 1 heterocycles. The minimum absolute atomic E-state index is 0.0348. The van der Waals surface area contributed by atoms with E-state index in [1.807, 2.05) is 11.0 Å². The Labute approximate surface area is 143 Å². The van der Waals surface area contributed by atoms with Crippen LogP contribution in [0.3, 0.4) is 0 Å². The Bertz CT molecular complexity index is 630. The summed E-state index contributed by atoms with van der Waals surface area (Å²) < 4.78 is 0. The fraction of sp³-hybridized carbons (Fsp3) is 0.600. The highest BCUT2D eigenvalue weighted by Crippen LogP contribution is 2.34. The predicted octanol–water partition coefficient (Wildman–Crippen LogP) is 2.62. The molecule has 4 nitrogen and oxygen atoms in total. The number of fused-ring (bicyclic) bond motifs is 1. The lowest BCUT2D eigenvalue weighted by molar-refractivity contribution is -0.134. The quantitative estimate of drug-likeness (QED) is 0.928. The van der Waals surface area contributed by atoms with E-state index in [1.54, 1.807) is 0 Å². The summed E-state index contributed by atoms with van der Waals surface area (Å²) >= 11 is 0. The number of nitrogens with zero attached hydrogens (tertiary/aromatic N) is 1. The Hall–Kier alpha value is -1.84. The van der Waals surface area contributed by atoms with Crippen LogP contribution in [0.2, 0.25) is 0 Å². The van der Waals surface area contributed by atoms with Crippen LogP contribution in [0.25, 0.3) is 0 Å². The molecule has 1 N–H and O–H groups in total. The molecule has 24 heavy (non-hydrogen) atoms. The average Bonchev–Trinajstić information content (AvgIpc) is 3.46. The maximum atomic E-state index is 13.0. The van der Waals surface area contributed by atoms with Crippen LogP contribution in [0.5, 0.6) is 0 Å². The Morgan fingerprint density at radius 3 is 2.50 bits per heavy atom. The lowest BCUT2D eigenvalue weighted by Crippen LogP contribution is -2.48. The Kier molecular flexibility index (Phi) is 4.30. The van der Waals surface area contributed by atoms with Gasteiger partial charge in [-0.1, -0.05) is 24.3 Å². The molecule has 0 aromatic heterocycles. The highest BCUT2D eigenvalue weighted by molar-refractivity contribution is 5.84. The molecule has 1 atom stereocenters. The normalized spacial score (nSPS) is 24.3. The number of hydrogen-bond acceptors (Lipinski definition) is 2. The number of piperidine rings is 1. The summed E-state index contributed by atoms with van der Waals surface area (Å²) in [6, 6.07) is 8.65. The second-order valence-corrected chi connectivity index (χ2v) is 7.53. The maximum Gasteiger partial charge on any atom is 0.230 e. The van der Waals surface area contributed by atoms with Crippen LogP contribution < -0.4 is 5.32 Å². The molecular formula is C20H26N2O2. The first kappa shape index (κ1) is 15.7. The van der Waals surface area contributed by atoms with Gasteiger partial charge in [-0.2, -0.15) is 0 Å². The highest BCUT2D eigenvalue weighted by atomic mass is 16.2. The molecule has 2 amide bonds. The van der Waals surface area contributed by atoms with Crippen molar-refractivity contribution in [3.05, 3.63) is 35.4 Å². The highest BCUT2D eigenvalue weighted by Gasteiger charge is 2.34. The second kappa shape index (κ2) is 6.58. The average molecular weight is 326 g/mol. The summed E-state index contributed by atoms with van der Waals surface area (Å²) in [6.07, 6.45) is 7.02. The number of rotatable bonds is 3. The molecule has 1 aromatic rings. The van der Waals surface area contributed by atoms with Gasteiger partial charge in [0.1, 0.15) is 0 Å². The fourth-order valence-corrected chi connectivity index (χ4v) is 4.14. The van der Waals surface area contributed by atoms with Crippen LogP contribution in [0.15, 0.2) is 24.3 Å². The molecule has 1 unspecified atom stereocenters. The third kappa shape index (κ3) is 3.19. The molecule has 1 saturated carbocycles. The van der Waals surface area contributed by atoms with Crippen LogP contribution in [0, 0.1) is 5.92 Å². The van der Waals surface area contributed by atoms with Crippen molar-refractivity contribution in [2.75, 3.05) is 13.1 Å². The summed E-state index contributed by atoms with van der Waals surface area (Å²) in [4.78, 5) is 26.9. The van der Waals surface area contributed by atoms with E-state index < -0.39 is 0 Å². The van der Waals surface area contributed by atoms with Crippen molar-refractivity contribution in [1.82, 2.24) is 10.2 Å². The van der Waals surface area contributed by atoms with Crippen LogP contribution in [0.4, 0.5) is 0 Å². The molecular weight excluding hydrogens is 300 g/mol. The zero-order valence-electron chi connectivity index (χ0n) is 14.2. The standard InChI is InChI=1S/C20H26N2O2/c23-19(15-8-9-15)21-16-10-12-22(13-11-16)20(24)18-7-3-5-14-4-1-2-6-17(14)18/h1-2,4,6,15-16,18H,3,5,7-13H2,(H,21,23). The van der Waals surface area contributed by atoms with Crippen LogP contribution >= 0.6 is 0 Å². The van der Waals surface area contributed by atoms with E-state index in [4.69, 9.17) is 0 Å². The van der Waals surface area contributed by atoms with Crippen molar-refractivity contribution < 1.29 is 9.59 Å². The van der Waals surface area contributed by atoms with E-state index in [-0.39, 0.29) is 29.7 Å². The zero-order valence-corrected chi connectivity index (χ0v) is 14.2. The van der Waals surface area contributed by atoms with Crippen molar-refractivity contribution in [3.8, 4) is 0 Å². The van der Waals surface area contributed by atoms with E-state index in [9.17, 15) is 9.59 Å². The minimum atomic E-state index is 0.0348. The number of hydrogen-bond donors (Lipinski definition) is 1. The lowest BCUT2D eigenvalue weighted by Gasteiger charge is -2.36. The fourth-order valence-electron chi connectivity index (χ4n) is 4.14. The van der Waals surface area contributed by atoms with Crippen LogP contribution in [-0.2, 0) is 16.0 Å². The largest absolute Gasteiger partial charge is 0.353 e. The molecule has 1 saturated heterocycles. The smallest absolute Gasteiger partial charge is 0.230 e. The van der Waals surface area contributed by atoms with Gasteiger partial charge in [0.05, 0.1) is 5.92 Å². The number of carbonyl (C=O) groups is 2. The Morgan fingerprint density at radius 2 is 1.75 bits per heavy atom. The second-order valence-electron chi connectivity index (χ2n) is 7.53. The number of aryl methyl sites for hydroxylation is 1. The summed E-state index contributed by atoms with van der Waals surface area (Å²) in [7, 11) is 0. The first-order chi connectivity index (χ1) is 11.7. The Balaban J connectivity index is 1.36. The molecule has 0 radical (unpaired) electrons. The summed E-state index contributed by atoms with van der Waals surface area (Å²) in [5.41, 5.74) is 2.58. The van der Waals surface area contributed by atoms with Gasteiger partial charge in [0.25, 0.3) is 0 Å². The van der Waals surface area contributed by atoms with Gasteiger partial charge < -0.3 is 10.2 Å².